The molecule has 0 fully saturated rings. The molecule has 0 spiro atoms. The van der Waals surface area contributed by atoms with E-state index in [0.717, 1.165) is 4.47 Å². The molecule has 0 atom stereocenters. The van der Waals surface area contributed by atoms with Crippen LogP contribution in [0, 0.1) is 0 Å². The number of hydrogen-bond donors (Lipinski definition) is 1. The van der Waals surface area contributed by atoms with Gasteiger partial charge in [0.05, 0.1) is 31.0 Å². The second-order valence-corrected chi connectivity index (χ2v) is 5.62. The normalized spacial score (nSPS) is 9.96. The lowest BCUT2D eigenvalue weighted by Gasteiger charge is -2.11. The second kappa shape index (κ2) is 7.74. The lowest BCUT2D eigenvalue weighted by molar-refractivity contribution is 0.0600. The lowest BCUT2D eigenvalue weighted by atomic mass is 10.1. The maximum atomic E-state index is 12.3. The average molecular weight is 392 g/mol. The molecule has 0 radical (unpaired) electrons. The van der Waals surface area contributed by atoms with Gasteiger partial charge in [-0.3, -0.25) is 4.79 Å². The van der Waals surface area contributed by atoms with Crippen LogP contribution in [-0.4, -0.2) is 32.1 Å². The maximum Gasteiger partial charge on any atom is 0.340 e. The van der Waals surface area contributed by atoms with E-state index >= 15 is 0 Å². The molecule has 0 heterocycles. The number of rotatable bonds is 4. The number of halogens is 1. The highest BCUT2D eigenvalue weighted by molar-refractivity contribution is 9.10. The standard InChI is InChI=1S/C17H14BrNO5/c1-23-16(21)11-5-8-14(13(9-11)17(22)24-2)19-15(20)10-3-6-12(18)7-4-10/h3-9H,1-2H3,(H,19,20). The fourth-order valence-electron chi connectivity index (χ4n) is 1.97. The van der Waals surface area contributed by atoms with Gasteiger partial charge in [0.1, 0.15) is 0 Å². The molecule has 7 heteroatoms. The number of hydrogen-bond acceptors (Lipinski definition) is 5. The number of carbonyl (C=O) groups excluding carboxylic acids is 3. The van der Waals surface area contributed by atoms with E-state index in [1.807, 2.05) is 0 Å². The molecule has 0 aliphatic carbocycles. The largest absolute Gasteiger partial charge is 0.465 e. The summed E-state index contributed by atoms with van der Waals surface area (Å²) in [5.41, 5.74) is 0.902. The molecule has 0 saturated heterocycles. The Labute approximate surface area is 146 Å². The summed E-state index contributed by atoms with van der Waals surface area (Å²) in [4.78, 5) is 35.8. The SMILES string of the molecule is COC(=O)c1ccc(NC(=O)c2ccc(Br)cc2)c(C(=O)OC)c1. The minimum atomic E-state index is -0.674. The Kier molecular flexibility index (Phi) is 5.70. The molecule has 1 N–H and O–H groups in total. The van der Waals surface area contributed by atoms with E-state index in [1.165, 1.54) is 32.4 Å². The van der Waals surface area contributed by atoms with Crippen molar-refractivity contribution in [1.82, 2.24) is 0 Å². The van der Waals surface area contributed by atoms with Crippen molar-refractivity contribution in [3.05, 3.63) is 63.6 Å². The van der Waals surface area contributed by atoms with Crippen LogP contribution in [0.15, 0.2) is 46.9 Å². The van der Waals surface area contributed by atoms with Crippen LogP contribution in [0.2, 0.25) is 0 Å². The van der Waals surface area contributed by atoms with Gasteiger partial charge >= 0.3 is 11.9 Å². The number of anilines is 1. The molecule has 24 heavy (non-hydrogen) atoms. The number of esters is 2. The van der Waals surface area contributed by atoms with Crippen molar-refractivity contribution in [2.75, 3.05) is 19.5 Å². The molecule has 0 aliphatic heterocycles. The Morgan fingerprint density at radius 1 is 0.875 bits per heavy atom. The molecule has 0 bridgehead atoms. The predicted molar refractivity (Wildman–Crippen MR) is 91.2 cm³/mol. The highest BCUT2D eigenvalue weighted by atomic mass is 79.9. The lowest BCUT2D eigenvalue weighted by Crippen LogP contribution is -2.16. The summed E-state index contributed by atoms with van der Waals surface area (Å²) in [7, 11) is 2.46. The Morgan fingerprint density at radius 3 is 2.04 bits per heavy atom. The van der Waals surface area contributed by atoms with E-state index in [1.54, 1.807) is 24.3 Å². The van der Waals surface area contributed by atoms with E-state index in [4.69, 9.17) is 4.74 Å². The molecular weight excluding hydrogens is 378 g/mol. The fraction of sp³-hybridized carbons (Fsp3) is 0.118. The summed E-state index contributed by atoms with van der Waals surface area (Å²) in [6.45, 7) is 0. The van der Waals surface area contributed by atoms with Crippen molar-refractivity contribution in [2.45, 2.75) is 0 Å². The summed E-state index contributed by atoms with van der Waals surface area (Å²) in [5, 5.41) is 2.64. The molecular formula is C17H14BrNO5. The van der Waals surface area contributed by atoms with Gasteiger partial charge in [0, 0.05) is 10.0 Å². The first-order chi connectivity index (χ1) is 11.5. The van der Waals surface area contributed by atoms with Gasteiger partial charge in [-0.1, -0.05) is 15.9 Å². The Morgan fingerprint density at radius 2 is 1.46 bits per heavy atom. The number of carbonyl (C=O) groups is 3. The quantitative estimate of drug-likeness (QED) is 0.808. The molecule has 0 aliphatic rings. The van der Waals surface area contributed by atoms with Gasteiger partial charge in [0.2, 0.25) is 0 Å². The molecule has 1 amide bonds. The van der Waals surface area contributed by atoms with Crippen molar-refractivity contribution in [1.29, 1.82) is 0 Å². The number of nitrogens with one attached hydrogen (secondary N) is 1. The third-order valence-corrected chi connectivity index (χ3v) is 3.73. The highest BCUT2D eigenvalue weighted by Gasteiger charge is 2.18. The van der Waals surface area contributed by atoms with Crippen LogP contribution < -0.4 is 5.32 Å². The van der Waals surface area contributed by atoms with Crippen LogP contribution in [0.25, 0.3) is 0 Å². The minimum absolute atomic E-state index is 0.0610. The van der Waals surface area contributed by atoms with Gasteiger partial charge in [0.15, 0.2) is 0 Å². The van der Waals surface area contributed by atoms with Gasteiger partial charge in [-0.15, -0.1) is 0 Å². The zero-order chi connectivity index (χ0) is 17.7. The van der Waals surface area contributed by atoms with Crippen molar-refractivity contribution >= 4 is 39.5 Å². The number of benzene rings is 2. The summed E-state index contributed by atoms with van der Waals surface area (Å²) in [5.74, 6) is -1.66. The van der Waals surface area contributed by atoms with Crippen LogP contribution in [0.3, 0.4) is 0 Å². The van der Waals surface area contributed by atoms with E-state index in [-0.39, 0.29) is 16.8 Å². The zero-order valence-electron chi connectivity index (χ0n) is 13.0. The predicted octanol–water partition coefficient (Wildman–Crippen LogP) is 3.27. The molecule has 2 aromatic carbocycles. The first-order valence-corrected chi connectivity index (χ1v) is 7.63. The van der Waals surface area contributed by atoms with Crippen LogP contribution in [-0.2, 0) is 9.47 Å². The molecule has 0 unspecified atom stereocenters. The topological polar surface area (TPSA) is 81.7 Å². The molecule has 2 aromatic rings. The van der Waals surface area contributed by atoms with Crippen molar-refractivity contribution < 1.29 is 23.9 Å². The third-order valence-electron chi connectivity index (χ3n) is 3.20. The summed E-state index contributed by atoms with van der Waals surface area (Å²) < 4.78 is 10.2. The highest BCUT2D eigenvalue weighted by Crippen LogP contribution is 2.21. The smallest absolute Gasteiger partial charge is 0.340 e. The van der Waals surface area contributed by atoms with Gasteiger partial charge in [-0.25, -0.2) is 9.59 Å². The summed E-state index contributed by atoms with van der Waals surface area (Å²) >= 11 is 3.29. The van der Waals surface area contributed by atoms with Crippen molar-refractivity contribution in [3.8, 4) is 0 Å². The third kappa shape index (κ3) is 3.99. The Balaban J connectivity index is 2.34. The Hall–Kier alpha value is -2.67. The molecule has 124 valence electrons. The van der Waals surface area contributed by atoms with Crippen LogP contribution in [0.5, 0.6) is 0 Å². The van der Waals surface area contributed by atoms with Crippen molar-refractivity contribution in [3.63, 3.8) is 0 Å². The second-order valence-electron chi connectivity index (χ2n) is 4.70. The number of ether oxygens (including phenoxy) is 2. The van der Waals surface area contributed by atoms with E-state index in [9.17, 15) is 14.4 Å². The maximum absolute atomic E-state index is 12.3. The van der Waals surface area contributed by atoms with E-state index in [0.29, 0.717) is 5.56 Å². The summed E-state index contributed by atoms with van der Waals surface area (Å²) in [6, 6.07) is 11.0. The first kappa shape index (κ1) is 17.7. The first-order valence-electron chi connectivity index (χ1n) is 6.84. The van der Waals surface area contributed by atoms with Gasteiger partial charge in [-0.05, 0) is 42.5 Å². The molecule has 0 aromatic heterocycles. The molecule has 0 saturated carbocycles. The van der Waals surface area contributed by atoms with Gasteiger partial charge < -0.3 is 14.8 Å². The van der Waals surface area contributed by atoms with Crippen molar-refractivity contribution in [2.24, 2.45) is 0 Å². The van der Waals surface area contributed by atoms with Crippen LogP contribution >= 0.6 is 15.9 Å². The van der Waals surface area contributed by atoms with Gasteiger partial charge in [-0.2, -0.15) is 0 Å². The molecule has 6 nitrogen and oxygen atoms in total. The summed E-state index contributed by atoms with van der Waals surface area (Å²) in [6.07, 6.45) is 0. The van der Waals surface area contributed by atoms with Crippen LogP contribution in [0.1, 0.15) is 31.1 Å². The van der Waals surface area contributed by atoms with E-state index < -0.39 is 17.8 Å². The fourth-order valence-corrected chi connectivity index (χ4v) is 2.24. The number of amides is 1. The zero-order valence-corrected chi connectivity index (χ0v) is 14.5. The Bertz CT molecular complexity index is 786. The minimum Gasteiger partial charge on any atom is -0.465 e. The van der Waals surface area contributed by atoms with Gasteiger partial charge in [0.25, 0.3) is 5.91 Å². The monoisotopic (exact) mass is 391 g/mol. The average Bonchev–Trinajstić information content (AvgIpc) is 2.61. The molecule has 2 rings (SSSR count). The van der Waals surface area contributed by atoms with Crippen LogP contribution in [0.4, 0.5) is 5.69 Å². The van der Waals surface area contributed by atoms with E-state index in [2.05, 4.69) is 26.0 Å². The number of methoxy groups -OCH3 is 2.